The molecule has 0 saturated heterocycles. The van der Waals surface area contributed by atoms with Gasteiger partial charge in [0.05, 0.1) is 18.9 Å². The molecular weight excluding hydrogens is 396 g/mol. The van der Waals surface area contributed by atoms with Crippen molar-refractivity contribution in [2.45, 2.75) is 6.92 Å². The van der Waals surface area contributed by atoms with E-state index in [9.17, 15) is 9.59 Å². The first-order valence-corrected chi connectivity index (χ1v) is 9.52. The predicted molar refractivity (Wildman–Crippen MR) is 117 cm³/mol. The van der Waals surface area contributed by atoms with Gasteiger partial charge in [0, 0.05) is 0 Å². The van der Waals surface area contributed by atoms with Crippen molar-refractivity contribution in [3.8, 4) is 17.2 Å². The van der Waals surface area contributed by atoms with Gasteiger partial charge >= 0.3 is 5.97 Å². The van der Waals surface area contributed by atoms with Crippen LogP contribution in [0.3, 0.4) is 0 Å². The highest BCUT2D eigenvalue weighted by atomic mass is 16.5. The molecule has 7 nitrogen and oxygen atoms in total. The highest BCUT2D eigenvalue weighted by Crippen LogP contribution is 2.25. The number of hydrazone groups is 1. The summed E-state index contributed by atoms with van der Waals surface area (Å²) in [6.45, 7) is 1.65. The van der Waals surface area contributed by atoms with Crippen molar-refractivity contribution in [2.75, 3.05) is 13.7 Å². The fourth-order valence-corrected chi connectivity index (χ4v) is 2.68. The van der Waals surface area contributed by atoms with Gasteiger partial charge in [0.1, 0.15) is 5.75 Å². The third kappa shape index (κ3) is 6.17. The number of benzene rings is 3. The Balaban J connectivity index is 1.48. The molecule has 1 amide bonds. The summed E-state index contributed by atoms with van der Waals surface area (Å²) >= 11 is 0. The Labute approximate surface area is 180 Å². The fraction of sp³-hybridized carbons (Fsp3) is 0.125. The molecule has 3 aromatic rings. The zero-order valence-corrected chi connectivity index (χ0v) is 17.2. The summed E-state index contributed by atoms with van der Waals surface area (Å²) in [7, 11) is 1.53. The van der Waals surface area contributed by atoms with E-state index in [2.05, 4.69) is 10.5 Å². The van der Waals surface area contributed by atoms with Gasteiger partial charge < -0.3 is 14.2 Å². The minimum atomic E-state index is -0.415. The third-order valence-electron chi connectivity index (χ3n) is 4.29. The Kier molecular flexibility index (Phi) is 7.37. The maximum absolute atomic E-state index is 12.3. The molecule has 158 valence electrons. The number of hydrogen-bond acceptors (Lipinski definition) is 6. The Morgan fingerprint density at radius 3 is 2.32 bits per heavy atom. The van der Waals surface area contributed by atoms with Crippen LogP contribution in [0.1, 0.15) is 21.5 Å². The van der Waals surface area contributed by atoms with Crippen LogP contribution in [-0.4, -0.2) is 31.8 Å². The van der Waals surface area contributed by atoms with Crippen molar-refractivity contribution < 1.29 is 23.8 Å². The van der Waals surface area contributed by atoms with Crippen LogP contribution in [0.25, 0.3) is 0 Å². The molecule has 0 saturated carbocycles. The number of aryl methyl sites for hydroxylation is 1. The zero-order valence-electron chi connectivity index (χ0n) is 17.2. The highest BCUT2D eigenvalue weighted by molar-refractivity contribution is 5.92. The predicted octanol–water partition coefficient (Wildman–Crippen LogP) is 3.75. The first kappa shape index (κ1) is 21.6. The van der Waals surface area contributed by atoms with E-state index in [0.29, 0.717) is 22.8 Å². The van der Waals surface area contributed by atoms with Gasteiger partial charge in [-0.15, -0.1) is 0 Å². The molecule has 3 aromatic carbocycles. The lowest BCUT2D eigenvalue weighted by Crippen LogP contribution is -2.24. The molecule has 0 atom stereocenters. The molecular formula is C24H22N2O5. The minimum Gasteiger partial charge on any atom is -0.493 e. The summed E-state index contributed by atoms with van der Waals surface area (Å²) < 4.78 is 16.0. The average molecular weight is 418 g/mol. The van der Waals surface area contributed by atoms with Gasteiger partial charge in [0.25, 0.3) is 5.91 Å². The van der Waals surface area contributed by atoms with E-state index in [0.717, 1.165) is 11.1 Å². The summed E-state index contributed by atoms with van der Waals surface area (Å²) in [5, 5.41) is 3.90. The van der Waals surface area contributed by atoms with Crippen molar-refractivity contribution >= 4 is 18.1 Å². The molecule has 0 aliphatic rings. The number of carbonyl (C=O) groups is 2. The van der Waals surface area contributed by atoms with Gasteiger partial charge in [-0.2, -0.15) is 5.10 Å². The van der Waals surface area contributed by atoms with Crippen LogP contribution in [-0.2, 0) is 4.79 Å². The van der Waals surface area contributed by atoms with Crippen LogP contribution in [0.15, 0.2) is 77.9 Å². The standard InChI is InChI=1S/C24H22N2O5/c1-17-7-3-4-8-20(17)24(28)31-19-13-11-18(12-14-19)15-25-26-23(27)16-30-22-10-6-5-9-21(22)29-2/h3-15H,16H2,1-2H3,(H,26,27)/b25-15+. The number of carbonyl (C=O) groups excluding carboxylic acids is 2. The second-order valence-electron chi connectivity index (χ2n) is 6.51. The molecule has 3 rings (SSSR count). The number of esters is 1. The summed E-state index contributed by atoms with van der Waals surface area (Å²) in [5.41, 5.74) is 4.48. The average Bonchev–Trinajstić information content (AvgIpc) is 2.79. The molecule has 0 fully saturated rings. The Bertz CT molecular complexity index is 1080. The lowest BCUT2D eigenvalue weighted by atomic mass is 10.1. The number of nitrogens with one attached hydrogen (secondary N) is 1. The van der Waals surface area contributed by atoms with E-state index in [4.69, 9.17) is 14.2 Å². The second kappa shape index (κ2) is 10.6. The van der Waals surface area contributed by atoms with Crippen LogP contribution in [0, 0.1) is 6.92 Å². The minimum absolute atomic E-state index is 0.203. The van der Waals surface area contributed by atoms with Gasteiger partial charge in [-0.1, -0.05) is 30.3 Å². The van der Waals surface area contributed by atoms with Crippen LogP contribution < -0.4 is 19.6 Å². The quantitative estimate of drug-likeness (QED) is 0.261. The third-order valence-corrected chi connectivity index (χ3v) is 4.29. The number of rotatable bonds is 8. The van der Waals surface area contributed by atoms with Gasteiger partial charge in [0.15, 0.2) is 18.1 Å². The van der Waals surface area contributed by atoms with Crippen LogP contribution in [0.2, 0.25) is 0 Å². The molecule has 0 aliphatic carbocycles. The van der Waals surface area contributed by atoms with Crippen molar-refractivity contribution in [3.05, 3.63) is 89.5 Å². The first-order valence-electron chi connectivity index (χ1n) is 9.52. The summed E-state index contributed by atoms with van der Waals surface area (Å²) in [6, 6.07) is 21.0. The van der Waals surface area contributed by atoms with Gasteiger partial charge in [0.2, 0.25) is 0 Å². The van der Waals surface area contributed by atoms with E-state index in [1.807, 2.05) is 25.1 Å². The Hall–Kier alpha value is -4.13. The maximum atomic E-state index is 12.3. The maximum Gasteiger partial charge on any atom is 0.343 e. The van der Waals surface area contributed by atoms with Crippen molar-refractivity contribution in [2.24, 2.45) is 5.10 Å². The largest absolute Gasteiger partial charge is 0.493 e. The topological polar surface area (TPSA) is 86.2 Å². The fourth-order valence-electron chi connectivity index (χ4n) is 2.68. The van der Waals surface area contributed by atoms with E-state index >= 15 is 0 Å². The van der Waals surface area contributed by atoms with Crippen LogP contribution in [0.5, 0.6) is 17.2 Å². The molecule has 0 radical (unpaired) electrons. The number of methoxy groups -OCH3 is 1. The molecule has 1 N–H and O–H groups in total. The van der Waals surface area contributed by atoms with Crippen molar-refractivity contribution in [1.82, 2.24) is 5.43 Å². The van der Waals surface area contributed by atoms with E-state index in [1.165, 1.54) is 13.3 Å². The SMILES string of the molecule is COc1ccccc1OCC(=O)N/N=C/c1ccc(OC(=O)c2ccccc2C)cc1. The summed E-state index contributed by atoms with van der Waals surface area (Å²) in [6.07, 6.45) is 1.48. The normalized spacial score (nSPS) is 10.5. The Morgan fingerprint density at radius 2 is 1.61 bits per heavy atom. The molecule has 0 spiro atoms. The highest BCUT2D eigenvalue weighted by Gasteiger charge is 2.10. The molecule has 0 bridgehead atoms. The lowest BCUT2D eigenvalue weighted by molar-refractivity contribution is -0.123. The molecule has 31 heavy (non-hydrogen) atoms. The first-order chi connectivity index (χ1) is 15.1. The van der Waals surface area contributed by atoms with Crippen LogP contribution >= 0.6 is 0 Å². The van der Waals surface area contributed by atoms with E-state index in [1.54, 1.807) is 54.6 Å². The molecule has 0 heterocycles. The number of nitrogens with zero attached hydrogens (tertiary/aromatic N) is 1. The van der Waals surface area contributed by atoms with E-state index < -0.39 is 11.9 Å². The van der Waals surface area contributed by atoms with Crippen molar-refractivity contribution in [1.29, 1.82) is 0 Å². The lowest BCUT2D eigenvalue weighted by Gasteiger charge is -2.09. The number of amides is 1. The van der Waals surface area contributed by atoms with Crippen molar-refractivity contribution in [3.63, 3.8) is 0 Å². The summed E-state index contributed by atoms with van der Waals surface area (Å²) in [5.74, 6) is 0.606. The van der Waals surface area contributed by atoms with Gasteiger partial charge in [-0.3, -0.25) is 4.79 Å². The second-order valence-corrected chi connectivity index (χ2v) is 6.51. The molecule has 7 heteroatoms. The van der Waals surface area contributed by atoms with E-state index in [-0.39, 0.29) is 6.61 Å². The van der Waals surface area contributed by atoms with Gasteiger partial charge in [-0.05, 0) is 60.5 Å². The number of para-hydroxylation sites is 2. The van der Waals surface area contributed by atoms with Gasteiger partial charge in [-0.25, -0.2) is 10.2 Å². The smallest absolute Gasteiger partial charge is 0.343 e. The molecule has 0 aromatic heterocycles. The number of ether oxygens (including phenoxy) is 3. The summed E-state index contributed by atoms with van der Waals surface area (Å²) in [4.78, 5) is 24.2. The van der Waals surface area contributed by atoms with Crippen LogP contribution in [0.4, 0.5) is 0 Å². The molecule has 0 unspecified atom stereocenters. The molecule has 0 aliphatic heterocycles. The zero-order chi connectivity index (χ0) is 22.1. The Morgan fingerprint density at radius 1 is 0.935 bits per heavy atom. The number of hydrogen-bond donors (Lipinski definition) is 1. The monoisotopic (exact) mass is 418 g/mol.